The molecule has 2 heteroatoms. The number of nitriles is 1. The van der Waals surface area contributed by atoms with Gasteiger partial charge in [-0.3, -0.25) is 0 Å². The van der Waals surface area contributed by atoms with Crippen molar-refractivity contribution >= 4 is 5.94 Å². The third kappa shape index (κ3) is 2.35. The zero-order valence-corrected chi connectivity index (χ0v) is 7.66. The first-order chi connectivity index (χ1) is 6.77. The molecule has 0 amide bonds. The van der Waals surface area contributed by atoms with Crippen molar-refractivity contribution < 1.29 is 4.79 Å². The van der Waals surface area contributed by atoms with E-state index in [2.05, 4.69) is 11.8 Å². The van der Waals surface area contributed by atoms with E-state index in [1.165, 1.54) is 5.94 Å². The lowest BCUT2D eigenvalue weighted by Crippen LogP contribution is -1.80. The van der Waals surface area contributed by atoms with Crippen molar-refractivity contribution in [3.05, 3.63) is 41.0 Å². The summed E-state index contributed by atoms with van der Waals surface area (Å²) in [7, 11) is 0. The Hall–Kier alpha value is -2.28. The van der Waals surface area contributed by atoms with Crippen molar-refractivity contribution in [2.75, 3.05) is 0 Å². The molecule has 0 heterocycles. The molecule has 66 valence electrons. The van der Waals surface area contributed by atoms with E-state index in [0.717, 1.165) is 11.1 Å². The van der Waals surface area contributed by atoms with Crippen LogP contribution in [0.3, 0.4) is 0 Å². The number of benzene rings is 1. The number of allylic oxidation sites excluding steroid dienone is 1. The molecule has 14 heavy (non-hydrogen) atoms. The van der Waals surface area contributed by atoms with Crippen LogP contribution in [0.5, 0.6) is 0 Å². The zero-order chi connectivity index (χ0) is 10.4. The van der Waals surface area contributed by atoms with Crippen LogP contribution in [0, 0.1) is 30.1 Å². The van der Waals surface area contributed by atoms with E-state index < -0.39 is 0 Å². The summed E-state index contributed by atoms with van der Waals surface area (Å²) in [5.74, 6) is 6.67. The van der Waals surface area contributed by atoms with E-state index in [4.69, 9.17) is 5.26 Å². The maximum absolute atomic E-state index is 10.2. The minimum Gasteiger partial charge on any atom is -0.231 e. The number of carbonyl (C=O) groups excluding carboxylic acids is 1. The summed E-state index contributed by atoms with van der Waals surface area (Å²) in [5.41, 5.74) is 1.66. The fourth-order valence-electron chi connectivity index (χ4n) is 0.919. The van der Waals surface area contributed by atoms with Crippen molar-refractivity contribution in [3.8, 4) is 17.9 Å². The largest absolute Gasteiger partial charge is 0.231 e. The van der Waals surface area contributed by atoms with Crippen molar-refractivity contribution in [1.82, 2.24) is 0 Å². The summed E-state index contributed by atoms with van der Waals surface area (Å²) in [6, 6.07) is 9.17. The fraction of sp³-hybridized carbons (Fsp3) is 0.0833. The molecular formula is C12H7NO. The highest BCUT2D eigenvalue weighted by Gasteiger charge is 1.91. The van der Waals surface area contributed by atoms with Gasteiger partial charge in [0.15, 0.2) is 11.5 Å². The van der Waals surface area contributed by atoms with Crippen LogP contribution in [0.25, 0.3) is 0 Å². The van der Waals surface area contributed by atoms with Crippen LogP contribution >= 0.6 is 0 Å². The molecule has 0 atom stereocenters. The Bertz CT molecular complexity index is 491. The van der Waals surface area contributed by atoms with E-state index in [9.17, 15) is 4.79 Å². The molecule has 1 aromatic rings. The predicted molar refractivity (Wildman–Crippen MR) is 52.9 cm³/mol. The molecular weight excluding hydrogens is 174 g/mol. The monoisotopic (exact) mass is 181 g/mol. The summed E-state index contributed by atoms with van der Waals surface area (Å²) in [6.07, 6.45) is 0. The minimum absolute atomic E-state index is 0.173. The van der Waals surface area contributed by atoms with E-state index in [0.29, 0.717) is 0 Å². The van der Waals surface area contributed by atoms with E-state index in [1.807, 2.05) is 31.2 Å². The molecule has 0 unspecified atom stereocenters. The number of nitrogens with zero attached hydrogens (tertiary/aromatic N) is 1. The SMILES string of the molecule is Cc1ccccc1C#CC(=C=O)C#N. The molecule has 0 spiro atoms. The van der Waals surface area contributed by atoms with Crippen LogP contribution in [0.2, 0.25) is 0 Å². The second-order valence-corrected chi connectivity index (χ2v) is 2.65. The summed E-state index contributed by atoms with van der Waals surface area (Å²) in [5, 5.41) is 8.42. The van der Waals surface area contributed by atoms with Gasteiger partial charge in [0, 0.05) is 5.56 Å². The second-order valence-electron chi connectivity index (χ2n) is 2.65. The molecule has 0 aliphatic heterocycles. The third-order valence-electron chi connectivity index (χ3n) is 1.68. The van der Waals surface area contributed by atoms with E-state index in [1.54, 1.807) is 6.07 Å². The lowest BCUT2D eigenvalue weighted by atomic mass is 10.1. The molecule has 0 bridgehead atoms. The molecule has 0 N–H and O–H groups in total. The number of hydrogen-bond donors (Lipinski definition) is 0. The highest BCUT2D eigenvalue weighted by Crippen LogP contribution is 2.04. The molecule has 1 aromatic carbocycles. The topological polar surface area (TPSA) is 40.9 Å². The second kappa shape index (κ2) is 4.67. The molecule has 0 aliphatic rings. The standard InChI is InChI=1S/C12H7NO/c1-10-4-2-3-5-12(10)7-6-11(8-13)9-14/h2-5H,1H3. The summed E-state index contributed by atoms with van der Waals surface area (Å²) >= 11 is 0. The maximum atomic E-state index is 10.2. The van der Waals surface area contributed by atoms with Gasteiger partial charge in [-0.2, -0.15) is 5.26 Å². The van der Waals surface area contributed by atoms with Crippen LogP contribution in [0.4, 0.5) is 0 Å². The summed E-state index contributed by atoms with van der Waals surface area (Å²) < 4.78 is 0. The van der Waals surface area contributed by atoms with Gasteiger partial charge in [-0.1, -0.05) is 24.1 Å². The van der Waals surface area contributed by atoms with Crippen molar-refractivity contribution in [3.63, 3.8) is 0 Å². The highest BCUT2D eigenvalue weighted by molar-refractivity contribution is 5.67. The predicted octanol–water partition coefficient (Wildman–Crippen LogP) is 1.63. The lowest BCUT2D eigenvalue weighted by Gasteiger charge is -1.93. The van der Waals surface area contributed by atoms with Gasteiger partial charge in [0.05, 0.1) is 0 Å². The Labute approximate surface area is 82.5 Å². The molecule has 0 radical (unpaired) electrons. The van der Waals surface area contributed by atoms with Gasteiger partial charge in [0.1, 0.15) is 6.07 Å². The Morgan fingerprint density at radius 1 is 1.36 bits per heavy atom. The van der Waals surface area contributed by atoms with Crippen LogP contribution in [-0.2, 0) is 4.79 Å². The van der Waals surface area contributed by atoms with Crippen LogP contribution in [-0.4, -0.2) is 5.94 Å². The maximum Gasteiger partial charge on any atom is 0.186 e. The average molecular weight is 181 g/mol. The van der Waals surface area contributed by atoms with Gasteiger partial charge in [0.25, 0.3) is 0 Å². The van der Waals surface area contributed by atoms with Gasteiger partial charge >= 0.3 is 0 Å². The Kier molecular flexibility index (Phi) is 3.27. The number of hydrogen-bond acceptors (Lipinski definition) is 2. The first kappa shape index (κ1) is 9.81. The molecule has 0 fully saturated rings. The van der Waals surface area contributed by atoms with Crippen molar-refractivity contribution in [2.45, 2.75) is 6.92 Å². The van der Waals surface area contributed by atoms with Crippen LogP contribution in [0.1, 0.15) is 11.1 Å². The molecule has 1 rings (SSSR count). The lowest BCUT2D eigenvalue weighted by molar-refractivity contribution is 0.568. The van der Waals surface area contributed by atoms with Crippen LogP contribution in [0.15, 0.2) is 29.8 Å². The number of aryl methyl sites for hydroxylation is 1. The normalized spacial score (nSPS) is 7.71. The first-order valence-electron chi connectivity index (χ1n) is 4.01. The van der Waals surface area contributed by atoms with Gasteiger partial charge in [0.2, 0.25) is 0 Å². The summed E-state index contributed by atoms with van der Waals surface area (Å²) in [6.45, 7) is 1.92. The minimum atomic E-state index is -0.173. The Morgan fingerprint density at radius 2 is 2.07 bits per heavy atom. The van der Waals surface area contributed by atoms with Gasteiger partial charge < -0.3 is 0 Å². The highest BCUT2D eigenvalue weighted by atomic mass is 16.1. The molecule has 0 aromatic heterocycles. The molecule has 0 saturated heterocycles. The van der Waals surface area contributed by atoms with Gasteiger partial charge in [-0.05, 0) is 24.5 Å². The van der Waals surface area contributed by atoms with E-state index in [-0.39, 0.29) is 5.57 Å². The van der Waals surface area contributed by atoms with Crippen molar-refractivity contribution in [2.24, 2.45) is 0 Å². The number of rotatable bonds is 0. The van der Waals surface area contributed by atoms with E-state index >= 15 is 0 Å². The van der Waals surface area contributed by atoms with Gasteiger partial charge in [-0.15, -0.1) is 0 Å². The smallest absolute Gasteiger partial charge is 0.186 e. The van der Waals surface area contributed by atoms with Crippen LogP contribution < -0.4 is 0 Å². The van der Waals surface area contributed by atoms with Crippen molar-refractivity contribution in [1.29, 1.82) is 5.26 Å². The average Bonchev–Trinajstić information content (AvgIpc) is 2.22. The molecule has 2 nitrogen and oxygen atoms in total. The fourth-order valence-corrected chi connectivity index (χ4v) is 0.919. The Morgan fingerprint density at radius 3 is 2.64 bits per heavy atom. The molecule has 0 aliphatic carbocycles. The summed E-state index contributed by atoms with van der Waals surface area (Å²) in [4.78, 5) is 10.2. The first-order valence-corrected chi connectivity index (χ1v) is 4.01. The quantitative estimate of drug-likeness (QED) is 0.346. The molecule has 0 saturated carbocycles. The van der Waals surface area contributed by atoms with Gasteiger partial charge in [-0.25, -0.2) is 4.79 Å². The zero-order valence-electron chi connectivity index (χ0n) is 7.66. The Balaban J connectivity index is 3.06. The third-order valence-corrected chi connectivity index (χ3v) is 1.68.